The van der Waals surface area contributed by atoms with Crippen molar-refractivity contribution in [2.24, 2.45) is 0 Å². The van der Waals surface area contributed by atoms with E-state index in [2.05, 4.69) is 5.32 Å². The summed E-state index contributed by atoms with van der Waals surface area (Å²) in [5.74, 6) is 3.08. The predicted molar refractivity (Wildman–Crippen MR) is 111 cm³/mol. The summed E-state index contributed by atoms with van der Waals surface area (Å²) in [4.78, 5) is 0. The average molecular weight is 379 g/mol. The molecule has 0 unspecified atom stereocenters. The van der Waals surface area contributed by atoms with E-state index in [-0.39, 0.29) is 0 Å². The first kappa shape index (κ1) is 19.4. The molecule has 0 atom stereocenters. The van der Waals surface area contributed by atoms with Crippen LogP contribution in [0.2, 0.25) is 0 Å². The molecule has 3 rings (SSSR count). The molecule has 0 aliphatic carbocycles. The maximum absolute atomic E-state index is 5.86. The van der Waals surface area contributed by atoms with E-state index in [4.69, 9.17) is 18.9 Å². The van der Waals surface area contributed by atoms with E-state index in [1.165, 1.54) is 0 Å². The van der Waals surface area contributed by atoms with E-state index in [1.54, 1.807) is 7.11 Å². The molecule has 5 heteroatoms. The van der Waals surface area contributed by atoms with Crippen molar-refractivity contribution in [2.45, 2.75) is 0 Å². The van der Waals surface area contributed by atoms with E-state index in [0.29, 0.717) is 26.4 Å². The summed E-state index contributed by atoms with van der Waals surface area (Å²) in [5, 5.41) is 3.35. The maximum atomic E-state index is 5.86. The fourth-order valence-electron chi connectivity index (χ4n) is 2.65. The van der Waals surface area contributed by atoms with Gasteiger partial charge in [-0.1, -0.05) is 42.5 Å². The zero-order chi connectivity index (χ0) is 19.4. The molecule has 0 aromatic heterocycles. The van der Waals surface area contributed by atoms with E-state index in [1.807, 2.05) is 78.9 Å². The highest BCUT2D eigenvalue weighted by Gasteiger charge is 2.05. The zero-order valence-electron chi connectivity index (χ0n) is 16.0. The fourth-order valence-corrected chi connectivity index (χ4v) is 2.65. The summed E-state index contributed by atoms with van der Waals surface area (Å²) in [5.41, 5.74) is 0.922. The van der Waals surface area contributed by atoms with Crippen LogP contribution in [0.1, 0.15) is 0 Å². The van der Waals surface area contributed by atoms with Crippen molar-refractivity contribution >= 4 is 5.69 Å². The molecule has 0 aliphatic rings. The molecule has 0 bridgehead atoms. The van der Waals surface area contributed by atoms with Crippen LogP contribution in [0.5, 0.6) is 23.0 Å². The molecule has 28 heavy (non-hydrogen) atoms. The largest absolute Gasteiger partial charge is 0.493 e. The predicted octanol–water partition coefficient (Wildman–Crippen LogP) is 4.64. The lowest BCUT2D eigenvalue weighted by Gasteiger charge is -2.14. The van der Waals surface area contributed by atoms with Gasteiger partial charge in [0.25, 0.3) is 0 Å². The van der Waals surface area contributed by atoms with Crippen LogP contribution in [-0.2, 0) is 0 Å². The summed E-state index contributed by atoms with van der Waals surface area (Å²) in [6.45, 7) is 2.09. The van der Waals surface area contributed by atoms with Gasteiger partial charge in [-0.05, 0) is 36.4 Å². The fraction of sp³-hybridized carbons (Fsp3) is 0.217. The highest BCUT2D eigenvalue weighted by atomic mass is 16.5. The third-order valence-corrected chi connectivity index (χ3v) is 3.98. The molecule has 0 heterocycles. The van der Waals surface area contributed by atoms with E-state index in [0.717, 1.165) is 28.7 Å². The van der Waals surface area contributed by atoms with Gasteiger partial charge in [-0.2, -0.15) is 0 Å². The minimum absolute atomic E-state index is 0.464. The monoisotopic (exact) mass is 379 g/mol. The van der Waals surface area contributed by atoms with Crippen LogP contribution < -0.4 is 24.3 Å². The summed E-state index contributed by atoms with van der Waals surface area (Å²) >= 11 is 0. The number of hydrogen-bond donors (Lipinski definition) is 1. The van der Waals surface area contributed by atoms with Crippen LogP contribution in [0.25, 0.3) is 0 Å². The number of rotatable bonds is 11. The second-order valence-electron chi connectivity index (χ2n) is 5.93. The van der Waals surface area contributed by atoms with Crippen LogP contribution in [0.4, 0.5) is 5.69 Å². The standard InChI is InChI=1S/C23H25NO4/c1-25-22-13-7-8-14-23(22)27-16-15-24-20-11-5-6-12-21(20)28-18-17-26-19-9-3-2-4-10-19/h2-14,24H,15-18H2,1H3. The summed E-state index contributed by atoms with van der Waals surface area (Å²) in [6, 6.07) is 25.2. The van der Waals surface area contributed by atoms with Gasteiger partial charge in [0, 0.05) is 6.54 Å². The average Bonchev–Trinajstić information content (AvgIpc) is 2.76. The van der Waals surface area contributed by atoms with Gasteiger partial charge in [-0.25, -0.2) is 0 Å². The molecule has 0 fully saturated rings. The molecule has 0 spiro atoms. The van der Waals surface area contributed by atoms with Gasteiger partial charge in [-0.15, -0.1) is 0 Å². The first-order valence-electron chi connectivity index (χ1n) is 9.26. The Hall–Kier alpha value is -3.34. The number of anilines is 1. The zero-order valence-corrected chi connectivity index (χ0v) is 16.0. The third kappa shape index (κ3) is 5.84. The molecule has 0 saturated heterocycles. The quantitative estimate of drug-likeness (QED) is 0.492. The van der Waals surface area contributed by atoms with Crippen molar-refractivity contribution in [1.82, 2.24) is 0 Å². The number of hydrogen-bond acceptors (Lipinski definition) is 5. The lowest BCUT2D eigenvalue weighted by atomic mass is 10.3. The highest BCUT2D eigenvalue weighted by Crippen LogP contribution is 2.26. The number of ether oxygens (including phenoxy) is 4. The van der Waals surface area contributed by atoms with E-state index in [9.17, 15) is 0 Å². The molecular weight excluding hydrogens is 354 g/mol. The molecule has 1 N–H and O–H groups in total. The molecule has 5 nitrogen and oxygen atoms in total. The number of benzene rings is 3. The Kier molecular flexibility index (Phi) is 7.44. The second-order valence-corrected chi connectivity index (χ2v) is 5.93. The van der Waals surface area contributed by atoms with Crippen LogP contribution >= 0.6 is 0 Å². The Morgan fingerprint density at radius 1 is 0.607 bits per heavy atom. The Morgan fingerprint density at radius 3 is 2.00 bits per heavy atom. The van der Waals surface area contributed by atoms with Gasteiger partial charge in [0.05, 0.1) is 12.8 Å². The molecule has 0 aliphatic heterocycles. The molecular formula is C23H25NO4. The van der Waals surface area contributed by atoms with Crippen molar-refractivity contribution in [3.05, 3.63) is 78.9 Å². The van der Waals surface area contributed by atoms with Crippen molar-refractivity contribution < 1.29 is 18.9 Å². The number of nitrogens with one attached hydrogen (secondary N) is 1. The lowest BCUT2D eigenvalue weighted by Crippen LogP contribution is -2.14. The number of para-hydroxylation sites is 5. The topological polar surface area (TPSA) is 49.0 Å². The van der Waals surface area contributed by atoms with E-state index >= 15 is 0 Å². The van der Waals surface area contributed by atoms with Crippen molar-refractivity contribution in [2.75, 3.05) is 38.8 Å². The number of methoxy groups -OCH3 is 1. The normalized spacial score (nSPS) is 10.2. The van der Waals surface area contributed by atoms with Gasteiger partial charge in [0.1, 0.15) is 31.3 Å². The first-order valence-corrected chi connectivity index (χ1v) is 9.26. The molecule has 3 aromatic rings. The van der Waals surface area contributed by atoms with Crippen LogP contribution in [0.3, 0.4) is 0 Å². The van der Waals surface area contributed by atoms with Crippen molar-refractivity contribution in [1.29, 1.82) is 0 Å². The Balaban J connectivity index is 1.43. The Labute approximate surface area is 165 Å². The van der Waals surface area contributed by atoms with Gasteiger partial charge in [0.2, 0.25) is 0 Å². The Bertz CT molecular complexity index is 839. The SMILES string of the molecule is COc1ccccc1OCCNc1ccccc1OCCOc1ccccc1. The highest BCUT2D eigenvalue weighted by molar-refractivity contribution is 5.56. The summed E-state index contributed by atoms with van der Waals surface area (Å²) < 4.78 is 22.6. The third-order valence-electron chi connectivity index (χ3n) is 3.98. The second kappa shape index (κ2) is 10.7. The summed E-state index contributed by atoms with van der Waals surface area (Å²) in [6.07, 6.45) is 0. The minimum Gasteiger partial charge on any atom is -0.493 e. The molecule has 3 aromatic carbocycles. The molecule has 0 radical (unpaired) electrons. The van der Waals surface area contributed by atoms with Gasteiger partial charge in [-0.3, -0.25) is 0 Å². The molecule has 146 valence electrons. The first-order chi connectivity index (χ1) is 13.9. The molecule has 0 saturated carbocycles. The Morgan fingerprint density at radius 2 is 1.21 bits per heavy atom. The van der Waals surface area contributed by atoms with Crippen molar-refractivity contribution in [3.8, 4) is 23.0 Å². The van der Waals surface area contributed by atoms with Crippen LogP contribution in [0.15, 0.2) is 78.9 Å². The van der Waals surface area contributed by atoms with Gasteiger partial charge >= 0.3 is 0 Å². The summed E-state index contributed by atoms with van der Waals surface area (Å²) in [7, 11) is 1.63. The van der Waals surface area contributed by atoms with Gasteiger partial charge in [0.15, 0.2) is 11.5 Å². The van der Waals surface area contributed by atoms with Crippen LogP contribution in [0, 0.1) is 0 Å². The molecule has 0 amide bonds. The maximum Gasteiger partial charge on any atom is 0.161 e. The van der Waals surface area contributed by atoms with Gasteiger partial charge < -0.3 is 24.3 Å². The van der Waals surface area contributed by atoms with Crippen molar-refractivity contribution in [3.63, 3.8) is 0 Å². The van der Waals surface area contributed by atoms with E-state index < -0.39 is 0 Å². The smallest absolute Gasteiger partial charge is 0.161 e. The minimum atomic E-state index is 0.464. The van der Waals surface area contributed by atoms with Crippen LogP contribution in [-0.4, -0.2) is 33.5 Å². The lowest BCUT2D eigenvalue weighted by molar-refractivity contribution is 0.217.